The molecule has 1 atom stereocenters. The van der Waals surface area contributed by atoms with Gasteiger partial charge in [-0.3, -0.25) is 9.59 Å². The van der Waals surface area contributed by atoms with Crippen molar-refractivity contribution < 1.29 is 19.1 Å². The molecule has 2 aromatic rings. The quantitative estimate of drug-likeness (QED) is 0.692. The average molecular weight is 427 g/mol. The van der Waals surface area contributed by atoms with Gasteiger partial charge in [0.25, 0.3) is 5.91 Å². The van der Waals surface area contributed by atoms with E-state index in [1.54, 1.807) is 18.9 Å². The number of aryl methyl sites for hydroxylation is 1. The summed E-state index contributed by atoms with van der Waals surface area (Å²) in [6.45, 7) is 11.6. The highest BCUT2D eigenvalue weighted by atomic mass is 16.5. The topological polar surface area (TPSA) is 67.9 Å². The van der Waals surface area contributed by atoms with Crippen LogP contribution in [0.1, 0.15) is 44.4 Å². The van der Waals surface area contributed by atoms with E-state index in [9.17, 15) is 9.59 Å². The smallest absolute Gasteiger partial charge is 0.261 e. The minimum atomic E-state index is -0.656. The third-order valence-electron chi connectivity index (χ3n) is 5.08. The molecule has 0 heterocycles. The van der Waals surface area contributed by atoms with Gasteiger partial charge in [0.1, 0.15) is 17.5 Å². The van der Waals surface area contributed by atoms with Crippen LogP contribution in [0, 0.1) is 13.8 Å². The zero-order valence-corrected chi connectivity index (χ0v) is 19.6. The maximum absolute atomic E-state index is 13.1. The predicted molar refractivity (Wildman–Crippen MR) is 122 cm³/mol. The summed E-state index contributed by atoms with van der Waals surface area (Å²) in [6, 6.07) is 12.5. The molecule has 0 aromatic heterocycles. The van der Waals surface area contributed by atoms with Gasteiger partial charge < -0.3 is 19.7 Å². The van der Waals surface area contributed by atoms with E-state index in [0.29, 0.717) is 5.75 Å². The number of carbonyl (C=O) groups excluding carboxylic acids is 2. The van der Waals surface area contributed by atoms with Crippen LogP contribution >= 0.6 is 0 Å². The zero-order valence-electron chi connectivity index (χ0n) is 19.6. The van der Waals surface area contributed by atoms with Crippen molar-refractivity contribution in [3.63, 3.8) is 0 Å². The predicted octanol–water partition coefficient (Wildman–Crippen LogP) is 4.02. The molecular weight excluding hydrogens is 392 g/mol. The van der Waals surface area contributed by atoms with Gasteiger partial charge in [-0.1, -0.05) is 24.3 Å². The Kier molecular flexibility index (Phi) is 8.08. The molecule has 0 aliphatic heterocycles. The van der Waals surface area contributed by atoms with Gasteiger partial charge in [-0.15, -0.1) is 0 Å². The summed E-state index contributed by atoms with van der Waals surface area (Å²) in [6.07, 6.45) is 0. The summed E-state index contributed by atoms with van der Waals surface area (Å²) in [4.78, 5) is 27.5. The van der Waals surface area contributed by atoms with Gasteiger partial charge >= 0.3 is 0 Å². The molecular formula is C25H34N2O4. The van der Waals surface area contributed by atoms with Gasteiger partial charge in [0.05, 0.1) is 7.11 Å². The molecule has 1 unspecified atom stereocenters. The highest BCUT2D eigenvalue weighted by Crippen LogP contribution is 2.21. The van der Waals surface area contributed by atoms with Crippen LogP contribution in [0.4, 0.5) is 0 Å². The molecule has 0 fully saturated rings. The minimum Gasteiger partial charge on any atom is -0.497 e. The fourth-order valence-electron chi connectivity index (χ4n) is 3.09. The van der Waals surface area contributed by atoms with Gasteiger partial charge in [0.2, 0.25) is 5.91 Å². The molecule has 2 aromatic carbocycles. The number of hydrogen-bond acceptors (Lipinski definition) is 4. The molecule has 0 radical (unpaired) electrons. The first-order valence-electron chi connectivity index (χ1n) is 10.4. The number of amides is 2. The van der Waals surface area contributed by atoms with Gasteiger partial charge in [0.15, 0.2) is 6.61 Å². The first-order chi connectivity index (χ1) is 14.5. The van der Waals surface area contributed by atoms with E-state index in [1.807, 2.05) is 77.1 Å². The van der Waals surface area contributed by atoms with Crippen LogP contribution in [0.3, 0.4) is 0 Å². The van der Waals surface area contributed by atoms with Crippen molar-refractivity contribution >= 4 is 11.8 Å². The Morgan fingerprint density at radius 1 is 1.06 bits per heavy atom. The van der Waals surface area contributed by atoms with Crippen molar-refractivity contribution in [3.8, 4) is 11.5 Å². The van der Waals surface area contributed by atoms with Gasteiger partial charge in [0, 0.05) is 12.1 Å². The summed E-state index contributed by atoms with van der Waals surface area (Å²) < 4.78 is 11.0. The van der Waals surface area contributed by atoms with Crippen molar-refractivity contribution in [2.24, 2.45) is 0 Å². The van der Waals surface area contributed by atoms with Gasteiger partial charge in [-0.2, -0.15) is 0 Å². The molecule has 0 bridgehead atoms. The van der Waals surface area contributed by atoms with E-state index >= 15 is 0 Å². The summed E-state index contributed by atoms with van der Waals surface area (Å²) >= 11 is 0. The molecule has 2 amide bonds. The Morgan fingerprint density at radius 2 is 1.71 bits per heavy atom. The Bertz CT molecular complexity index is 901. The molecule has 1 N–H and O–H groups in total. The second-order valence-electron chi connectivity index (χ2n) is 8.77. The number of ether oxygens (including phenoxy) is 2. The number of carbonyl (C=O) groups is 2. The molecule has 0 spiro atoms. The first-order valence-corrected chi connectivity index (χ1v) is 10.4. The van der Waals surface area contributed by atoms with Crippen molar-refractivity contribution in [3.05, 3.63) is 59.2 Å². The Hall–Kier alpha value is -3.02. The molecule has 0 saturated carbocycles. The molecule has 0 aliphatic rings. The molecule has 2 rings (SSSR count). The standard InChI is InChI=1S/C25H34N2O4/c1-17-9-8-10-22(18(17)2)31-16-23(28)27(19(3)24(29)26-25(4,5)6)15-20-11-13-21(30-7)14-12-20/h8-14,19H,15-16H2,1-7H3,(H,26,29). The van der Waals surface area contributed by atoms with Crippen LogP contribution in [0.5, 0.6) is 11.5 Å². The third kappa shape index (κ3) is 7.02. The maximum atomic E-state index is 13.1. The van der Waals surface area contributed by atoms with Crippen LogP contribution in [0.15, 0.2) is 42.5 Å². The minimum absolute atomic E-state index is 0.145. The average Bonchev–Trinajstić information content (AvgIpc) is 2.71. The van der Waals surface area contributed by atoms with Crippen molar-refractivity contribution in [2.75, 3.05) is 13.7 Å². The van der Waals surface area contributed by atoms with Crippen LogP contribution in [0.2, 0.25) is 0 Å². The Morgan fingerprint density at radius 3 is 2.29 bits per heavy atom. The molecule has 31 heavy (non-hydrogen) atoms. The number of hydrogen-bond donors (Lipinski definition) is 1. The van der Waals surface area contributed by atoms with Crippen molar-refractivity contribution in [2.45, 2.75) is 59.7 Å². The summed E-state index contributed by atoms with van der Waals surface area (Å²) in [5, 5.41) is 2.96. The van der Waals surface area contributed by atoms with E-state index in [0.717, 1.165) is 22.4 Å². The molecule has 0 aliphatic carbocycles. The van der Waals surface area contributed by atoms with Crippen LogP contribution < -0.4 is 14.8 Å². The van der Waals surface area contributed by atoms with Crippen LogP contribution in [-0.4, -0.2) is 42.0 Å². The first kappa shape index (κ1) is 24.3. The fraction of sp³-hybridized carbons (Fsp3) is 0.440. The molecule has 168 valence electrons. The zero-order chi connectivity index (χ0) is 23.2. The number of rotatable bonds is 8. The number of benzene rings is 2. The summed E-state index contributed by atoms with van der Waals surface area (Å²) in [7, 11) is 1.61. The second kappa shape index (κ2) is 10.3. The van der Waals surface area contributed by atoms with Crippen LogP contribution in [0.25, 0.3) is 0 Å². The highest BCUT2D eigenvalue weighted by molar-refractivity contribution is 5.88. The SMILES string of the molecule is COc1ccc(CN(C(=O)COc2cccc(C)c2C)C(C)C(=O)NC(C)(C)C)cc1. The Labute approximate surface area is 185 Å². The van der Waals surface area contributed by atoms with Crippen molar-refractivity contribution in [1.82, 2.24) is 10.2 Å². The lowest BCUT2D eigenvalue weighted by molar-refractivity contribution is -0.142. The van der Waals surface area contributed by atoms with Gasteiger partial charge in [-0.25, -0.2) is 0 Å². The Balaban J connectivity index is 2.20. The van der Waals surface area contributed by atoms with E-state index < -0.39 is 11.6 Å². The molecule has 6 heteroatoms. The lowest BCUT2D eigenvalue weighted by Crippen LogP contribution is -2.53. The summed E-state index contributed by atoms with van der Waals surface area (Å²) in [5.74, 6) is 0.942. The fourth-order valence-corrected chi connectivity index (χ4v) is 3.09. The van der Waals surface area contributed by atoms with E-state index in [2.05, 4.69) is 5.32 Å². The second-order valence-corrected chi connectivity index (χ2v) is 8.77. The van der Waals surface area contributed by atoms with E-state index in [1.165, 1.54) is 0 Å². The number of nitrogens with zero attached hydrogens (tertiary/aromatic N) is 1. The summed E-state index contributed by atoms with van der Waals surface area (Å²) in [5.41, 5.74) is 2.60. The van der Waals surface area contributed by atoms with E-state index in [4.69, 9.17) is 9.47 Å². The maximum Gasteiger partial charge on any atom is 0.261 e. The molecule has 6 nitrogen and oxygen atoms in total. The lowest BCUT2D eigenvalue weighted by Gasteiger charge is -2.31. The number of methoxy groups -OCH3 is 1. The largest absolute Gasteiger partial charge is 0.497 e. The van der Waals surface area contributed by atoms with Crippen LogP contribution in [-0.2, 0) is 16.1 Å². The van der Waals surface area contributed by atoms with E-state index in [-0.39, 0.29) is 25.0 Å². The van der Waals surface area contributed by atoms with Crippen molar-refractivity contribution in [1.29, 1.82) is 0 Å². The molecule has 0 saturated heterocycles. The normalized spacial score (nSPS) is 12.1. The lowest BCUT2D eigenvalue weighted by atomic mass is 10.1. The third-order valence-corrected chi connectivity index (χ3v) is 5.08. The monoisotopic (exact) mass is 426 g/mol. The van der Waals surface area contributed by atoms with Gasteiger partial charge in [-0.05, 0) is 76.4 Å². The highest BCUT2D eigenvalue weighted by Gasteiger charge is 2.28. The number of nitrogens with one attached hydrogen (secondary N) is 1.